The molecule has 30 heavy (non-hydrogen) atoms. The molecule has 1 aliphatic rings. The first-order valence-corrected chi connectivity index (χ1v) is 8.99. The molecule has 10 heteroatoms. The number of aryl methyl sites for hydroxylation is 1. The molecule has 0 radical (unpaired) electrons. The van der Waals surface area contributed by atoms with Gasteiger partial charge in [-0.25, -0.2) is 9.59 Å². The molecule has 0 saturated heterocycles. The summed E-state index contributed by atoms with van der Waals surface area (Å²) < 4.78 is 25.6. The molecule has 3 rings (SSSR count). The lowest BCUT2D eigenvalue weighted by Crippen LogP contribution is -2.22. The number of hydrogen-bond acceptors (Lipinski definition) is 9. The molecule has 1 N–H and O–H groups in total. The van der Waals surface area contributed by atoms with E-state index in [0.29, 0.717) is 11.5 Å². The first-order chi connectivity index (χ1) is 14.3. The topological polar surface area (TPSA) is 130 Å². The van der Waals surface area contributed by atoms with Gasteiger partial charge < -0.3 is 23.4 Å². The van der Waals surface area contributed by atoms with E-state index in [-0.39, 0.29) is 41.7 Å². The van der Waals surface area contributed by atoms with Gasteiger partial charge in [0.2, 0.25) is 12.7 Å². The Bertz CT molecular complexity index is 1020. The molecule has 2 aromatic rings. The molecule has 0 spiro atoms. The van der Waals surface area contributed by atoms with Crippen molar-refractivity contribution in [1.82, 2.24) is 0 Å². The third-order valence-electron chi connectivity index (χ3n) is 4.11. The maximum Gasteiger partial charge on any atom is 0.344 e. The van der Waals surface area contributed by atoms with Crippen molar-refractivity contribution in [2.45, 2.75) is 20.8 Å². The average molecular weight is 417 g/mol. The van der Waals surface area contributed by atoms with Crippen LogP contribution in [-0.4, -0.2) is 43.6 Å². The van der Waals surface area contributed by atoms with Gasteiger partial charge in [0.15, 0.2) is 23.9 Å². The molecule has 0 saturated carbocycles. The lowest BCUT2D eigenvalue weighted by molar-refractivity contribution is -0.119. The van der Waals surface area contributed by atoms with Gasteiger partial charge in [-0.1, -0.05) is 0 Å². The molecule has 158 valence electrons. The van der Waals surface area contributed by atoms with E-state index in [4.69, 9.17) is 23.4 Å². The van der Waals surface area contributed by atoms with E-state index in [0.717, 1.165) is 0 Å². The second-order valence-corrected chi connectivity index (χ2v) is 6.21. The number of amides is 1. The minimum atomic E-state index is -0.813. The molecule has 1 amide bonds. The van der Waals surface area contributed by atoms with E-state index >= 15 is 0 Å². The van der Waals surface area contributed by atoms with Crippen LogP contribution in [0.2, 0.25) is 0 Å². The Balaban J connectivity index is 1.69. The van der Waals surface area contributed by atoms with Crippen LogP contribution in [0, 0.1) is 6.92 Å². The molecule has 0 bridgehead atoms. The third-order valence-corrected chi connectivity index (χ3v) is 4.11. The number of benzene rings is 1. The van der Waals surface area contributed by atoms with Gasteiger partial charge in [-0.2, -0.15) is 0 Å². The van der Waals surface area contributed by atoms with Crippen molar-refractivity contribution >= 4 is 29.5 Å². The standard InChI is InChI=1S/C20H19NO9/c1-4-26-20(25)17-16(10(2)22)11(3)30-18(17)21-15(23)8-27-19(24)12-5-6-13-14(7-12)29-9-28-13/h5-7H,4,8-9H2,1-3H3,(H,21,23). The normalized spacial score (nSPS) is 11.7. The Kier molecular flexibility index (Phi) is 6.05. The second-order valence-electron chi connectivity index (χ2n) is 6.21. The van der Waals surface area contributed by atoms with Crippen molar-refractivity contribution in [2.24, 2.45) is 0 Å². The number of furan rings is 1. The highest BCUT2D eigenvalue weighted by Crippen LogP contribution is 2.32. The minimum Gasteiger partial charge on any atom is -0.462 e. The van der Waals surface area contributed by atoms with Gasteiger partial charge in [0.1, 0.15) is 11.3 Å². The number of carbonyl (C=O) groups excluding carboxylic acids is 4. The maximum absolute atomic E-state index is 12.2. The van der Waals surface area contributed by atoms with Crippen LogP contribution < -0.4 is 14.8 Å². The summed E-state index contributed by atoms with van der Waals surface area (Å²) in [5.74, 6) is -1.95. The van der Waals surface area contributed by atoms with Gasteiger partial charge in [0, 0.05) is 0 Å². The molecule has 1 aromatic heterocycles. The Morgan fingerprint density at radius 1 is 1.03 bits per heavy atom. The van der Waals surface area contributed by atoms with Gasteiger partial charge in [0.25, 0.3) is 5.91 Å². The molecule has 0 aliphatic carbocycles. The van der Waals surface area contributed by atoms with E-state index in [1.54, 1.807) is 13.0 Å². The summed E-state index contributed by atoms with van der Waals surface area (Å²) in [5, 5.41) is 2.33. The zero-order valence-corrected chi connectivity index (χ0v) is 16.5. The average Bonchev–Trinajstić information content (AvgIpc) is 3.29. The molecule has 0 fully saturated rings. The number of fused-ring (bicyclic) bond motifs is 1. The van der Waals surface area contributed by atoms with Crippen LogP contribution in [-0.2, 0) is 14.3 Å². The van der Waals surface area contributed by atoms with Gasteiger partial charge in [0.05, 0.1) is 17.7 Å². The summed E-state index contributed by atoms with van der Waals surface area (Å²) in [6.07, 6.45) is 0. The van der Waals surface area contributed by atoms with Gasteiger partial charge in [-0.15, -0.1) is 0 Å². The highest BCUT2D eigenvalue weighted by atomic mass is 16.7. The fraction of sp³-hybridized carbons (Fsp3) is 0.300. The van der Waals surface area contributed by atoms with Crippen LogP contribution >= 0.6 is 0 Å². The van der Waals surface area contributed by atoms with Crippen molar-refractivity contribution in [3.63, 3.8) is 0 Å². The monoisotopic (exact) mass is 417 g/mol. The van der Waals surface area contributed by atoms with Crippen molar-refractivity contribution in [3.05, 3.63) is 40.6 Å². The molecular weight excluding hydrogens is 398 g/mol. The molecule has 10 nitrogen and oxygen atoms in total. The Labute approximate surface area is 171 Å². The fourth-order valence-corrected chi connectivity index (χ4v) is 2.86. The van der Waals surface area contributed by atoms with E-state index in [9.17, 15) is 19.2 Å². The summed E-state index contributed by atoms with van der Waals surface area (Å²) in [6.45, 7) is 3.83. The molecule has 2 heterocycles. The van der Waals surface area contributed by atoms with Gasteiger partial charge in [-0.05, 0) is 39.0 Å². The highest BCUT2D eigenvalue weighted by Gasteiger charge is 2.29. The van der Waals surface area contributed by atoms with Crippen LogP contribution in [0.4, 0.5) is 5.88 Å². The number of nitrogens with one attached hydrogen (secondary N) is 1. The number of Topliss-reactive ketones (excluding diaryl/α,β-unsaturated/α-hetero) is 1. The molecule has 0 atom stereocenters. The van der Waals surface area contributed by atoms with Crippen molar-refractivity contribution in [1.29, 1.82) is 0 Å². The Morgan fingerprint density at radius 2 is 1.77 bits per heavy atom. The summed E-state index contributed by atoms with van der Waals surface area (Å²) >= 11 is 0. The Morgan fingerprint density at radius 3 is 2.47 bits per heavy atom. The number of ether oxygens (including phenoxy) is 4. The maximum atomic E-state index is 12.2. The lowest BCUT2D eigenvalue weighted by atomic mass is 10.1. The summed E-state index contributed by atoms with van der Waals surface area (Å²) in [4.78, 5) is 48.5. The smallest absolute Gasteiger partial charge is 0.344 e. The third kappa shape index (κ3) is 4.27. The molecule has 1 aromatic carbocycles. The SMILES string of the molecule is CCOC(=O)c1c(NC(=O)COC(=O)c2ccc3c(c2)OCO3)oc(C)c1C(C)=O. The number of anilines is 1. The van der Waals surface area contributed by atoms with E-state index in [1.807, 2.05) is 0 Å². The van der Waals surface area contributed by atoms with Crippen LogP contribution in [0.15, 0.2) is 22.6 Å². The molecular formula is C20H19NO9. The van der Waals surface area contributed by atoms with Crippen LogP contribution in [0.1, 0.15) is 50.7 Å². The predicted molar refractivity (Wildman–Crippen MR) is 101 cm³/mol. The largest absolute Gasteiger partial charge is 0.462 e. The zero-order chi connectivity index (χ0) is 21.8. The number of carbonyl (C=O) groups is 4. The zero-order valence-electron chi connectivity index (χ0n) is 16.5. The fourth-order valence-electron chi connectivity index (χ4n) is 2.86. The number of hydrogen-bond donors (Lipinski definition) is 1. The predicted octanol–water partition coefficient (Wildman–Crippen LogP) is 2.49. The Hall–Kier alpha value is -3.82. The first-order valence-electron chi connectivity index (χ1n) is 8.99. The van der Waals surface area contributed by atoms with Crippen molar-refractivity contribution in [2.75, 3.05) is 25.3 Å². The number of esters is 2. The summed E-state index contributed by atoms with van der Waals surface area (Å²) in [5.41, 5.74) is 0.00498. The highest BCUT2D eigenvalue weighted by molar-refractivity contribution is 6.10. The lowest BCUT2D eigenvalue weighted by Gasteiger charge is -2.07. The summed E-state index contributed by atoms with van der Waals surface area (Å²) in [6, 6.07) is 4.47. The second kappa shape index (κ2) is 8.68. The van der Waals surface area contributed by atoms with Crippen molar-refractivity contribution < 1.29 is 42.5 Å². The van der Waals surface area contributed by atoms with Crippen LogP contribution in [0.3, 0.4) is 0 Å². The quantitative estimate of drug-likeness (QED) is 0.533. The van der Waals surface area contributed by atoms with Crippen LogP contribution in [0.25, 0.3) is 0 Å². The van der Waals surface area contributed by atoms with Crippen LogP contribution in [0.5, 0.6) is 11.5 Å². The van der Waals surface area contributed by atoms with Gasteiger partial charge >= 0.3 is 11.9 Å². The van der Waals surface area contributed by atoms with Crippen molar-refractivity contribution in [3.8, 4) is 11.5 Å². The van der Waals surface area contributed by atoms with Gasteiger partial charge in [-0.3, -0.25) is 14.9 Å². The number of rotatable bonds is 7. The molecule has 0 unspecified atom stereocenters. The molecule has 1 aliphatic heterocycles. The first kappa shape index (κ1) is 20.9. The van der Waals surface area contributed by atoms with E-state index < -0.39 is 30.2 Å². The minimum absolute atomic E-state index is 0.0149. The van der Waals surface area contributed by atoms with E-state index in [1.165, 1.54) is 26.0 Å². The summed E-state index contributed by atoms with van der Waals surface area (Å²) in [7, 11) is 0. The number of ketones is 1. The van der Waals surface area contributed by atoms with E-state index in [2.05, 4.69) is 5.32 Å².